The van der Waals surface area contributed by atoms with Crippen molar-refractivity contribution in [3.05, 3.63) is 50.5 Å². The second-order valence-corrected chi connectivity index (χ2v) is 4.48. The van der Waals surface area contributed by atoms with Gasteiger partial charge in [-0.1, -0.05) is 0 Å². The minimum absolute atomic E-state index is 0.0978. The molecular formula is C11H11N3O2S. The fraction of sp³-hybridized carbons (Fsp3) is 0.182. The van der Waals surface area contributed by atoms with Crippen molar-refractivity contribution in [3.63, 3.8) is 0 Å². The Bertz CT molecular complexity index is 522. The number of benzene rings is 1. The van der Waals surface area contributed by atoms with Crippen LogP contribution in [0.2, 0.25) is 0 Å². The Morgan fingerprint density at radius 1 is 1.41 bits per heavy atom. The van der Waals surface area contributed by atoms with E-state index in [1.165, 1.54) is 12.1 Å². The molecule has 5 nitrogen and oxygen atoms in total. The van der Waals surface area contributed by atoms with Crippen molar-refractivity contribution in [1.82, 2.24) is 4.98 Å². The normalized spacial score (nSPS) is 10.2. The SMILES string of the molecule is Cc1csc(CNc2ccc([N+](=O)[O-])cc2)n1. The van der Waals surface area contributed by atoms with Gasteiger partial charge < -0.3 is 5.32 Å². The number of nitro benzene ring substituents is 1. The van der Waals surface area contributed by atoms with E-state index >= 15 is 0 Å². The summed E-state index contributed by atoms with van der Waals surface area (Å²) in [6.07, 6.45) is 0. The van der Waals surface area contributed by atoms with Gasteiger partial charge in [0, 0.05) is 28.9 Å². The Kier molecular flexibility index (Phi) is 3.34. The molecule has 88 valence electrons. The number of aryl methyl sites for hydroxylation is 1. The van der Waals surface area contributed by atoms with Crippen LogP contribution in [0.1, 0.15) is 10.7 Å². The molecule has 0 bridgehead atoms. The van der Waals surface area contributed by atoms with Gasteiger partial charge in [0.05, 0.1) is 11.5 Å². The molecule has 0 saturated carbocycles. The van der Waals surface area contributed by atoms with E-state index in [4.69, 9.17) is 0 Å². The van der Waals surface area contributed by atoms with Crippen molar-refractivity contribution in [1.29, 1.82) is 0 Å². The third kappa shape index (κ3) is 3.01. The van der Waals surface area contributed by atoms with E-state index in [1.54, 1.807) is 23.5 Å². The summed E-state index contributed by atoms with van der Waals surface area (Å²) < 4.78 is 0. The highest BCUT2D eigenvalue weighted by molar-refractivity contribution is 7.09. The van der Waals surface area contributed by atoms with Crippen LogP contribution in [0.15, 0.2) is 29.6 Å². The van der Waals surface area contributed by atoms with Crippen LogP contribution >= 0.6 is 11.3 Å². The molecule has 0 aliphatic heterocycles. The highest BCUT2D eigenvalue weighted by Gasteiger charge is 2.04. The topological polar surface area (TPSA) is 68.1 Å². The molecule has 1 aromatic carbocycles. The van der Waals surface area contributed by atoms with Crippen molar-refractivity contribution >= 4 is 22.7 Å². The van der Waals surface area contributed by atoms with E-state index in [0.717, 1.165) is 16.4 Å². The molecule has 6 heteroatoms. The summed E-state index contributed by atoms with van der Waals surface area (Å²) in [6, 6.07) is 6.35. The minimum Gasteiger partial charge on any atom is -0.379 e. The van der Waals surface area contributed by atoms with Crippen molar-refractivity contribution in [3.8, 4) is 0 Å². The molecule has 0 fully saturated rings. The first-order valence-electron chi connectivity index (χ1n) is 5.04. The molecule has 1 heterocycles. The lowest BCUT2D eigenvalue weighted by Gasteiger charge is -2.03. The molecule has 17 heavy (non-hydrogen) atoms. The van der Waals surface area contributed by atoms with Crippen LogP contribution in [0.25, 0.3) is 0 Å². The van der Waals surface area contributed by atoms with E-state index < -0.39 is 4.92 Å². The standard InChI is InChI=1S/C11H11N3O2S/c1-8-7-17-11(13-8)6-12-9-2-4-10(5-3-9)14(15)16/h2-5,7,12H,6H2,1H3. The van der Waals surface area contributed by atoms with E-state index in [9.17, 15) is 10.1 Å². The fourth-order valence-electron chi connectivity index (χ4n) is 1.36. The number of aromatic nitrogens is 1. The van der Waals surface area contributed by atoms with Crippen LogP contribution in [0, 0.1) is 17.0 Å². The number of non-ortho nitro benzene ring substituents is 1. The summed E-state index contributed by atoms with van der Waals surface area (Å²) in [5, 5.41) is 16.6. The average Bonchev–Trinajstić information content (AvgIpc) is 2.73. The first kappa shape index (κ1) is 11.5. The van der Waals surface area contributed by atoms with Crippen LogP contribution in [0.3, 0.4) is 0 Å². The quantitative estimate of drug-likeness (QED) is 0.668. The van der Waals surface area contributed by atoms with Gasteiger partial charge in [-0.3, -0.25) is 10.1 Å². The maximum atomic E-state index is 10.5. The molecular weight excluding hydrogens is 238 g/mol. The van der Waals surface area contributed by atoms with Crippen LogP contribution in [0.4, 0.5) is 11.4 Å². The molecule has 0 unspecified atom stereocenters. The number of nitrogens with one attached hydrogen (secondary N) is 1. The van der Waals surface area contributed by atoms with E-state index in [-0.39, 0.29) is 5.69 Å². The summed E-state index contributed by atoms with van der Waals surface area (Å²) >= 11 is 1.59. The molecule has 0 amide bonds. The van der Waals surface area contributed by atoms with Crippen molar-refractivity contribution in [2.75, 3.05) is 5.32 Å². The van der Waals surface area contributed by atoms with Gasteiger partial charge in [-0.25, -0.2) is 4.98 Å². The Hall–Kier alpha value is -1.95. The van der Waals surface area contributed by atoms with E-state index in [2.05, 4.69) is 10.3 Å². The van der Waals surface area contributed by atoms with Crippen molar-refractivity contribution in [2.24, 2.45) is 0 Å². The molecule has 0 saturated heterocycles. The second kappa shape index (κ2) is 4.92. The summed E-state index contributed by atoms with van der Waals surface area (Å²) in [4.78, 5) is 14.4. The molecule has 0 radical (unpaired) electrons. The zero-order chi connectivity index (χ0) is 12.3. The number of hydrogen-bond acceptors (Lipinski definition) is 5. The number of hydrogen-bond donors (Lipinski definition) is 1. The van der Waals surface area contributed by atoms with Gasteiger partial charge in [0.1, 0.15) is 5.01 Å². The largest absolute Gasteiger partial charge is 0.379 e. The van der Waals surface area contributed by atoms with E-state index in [1.807, 2.05) is 12.3 Å². The molecule has 1 N–H and O–H groups in total. The zero-order valence-electron chi connectivity index (χ0n) is 9.21. The summed E-state index contributed by atoms with van der Waals surface area (Å²) in [6.45, 7) is 2.59. The monoisotopic (exact) mass is 249 g/mol. The number of rotatable bonds is 4. The predicted octanol–water partition coefficient (Wildman–Crippen LogP) is 2.97. The van der Waals surface area contributed by atoms with Gasteiger partial charge in [-0.2, -0.15) is 0 Å². The summed E-state index contributed by atoms with van der Waals surface area (Å²) in [7, 11) is 0. The maximum absolute atomic E-state index is 10.5. The predicted molar refractivity (Wildman–Crippen MR) is 67.3 cm³/mol. The van der Waals surface area contributed by atoms with Crippen molar-refractivity contribution < 1.29 is 4.92 Å². The maximum Gasteiger partial charge on any atom is 0.269 e. The molecule has 0 atom stereocenters. The minimum atomic E-state index is -0.409. The number of anilines is 1. The fourth-order valence-corrected chi connectivity index (χ4v) is 2.07. The molecule has 2 rings (SSSR count). The lowest BCUT2D eigenvalue weighted by atomic mass is 10.3. The van der Waals surface area contributed by atoms with Gasteiger partial charge in [-0.05, 0) is 19.1 Å². The first-order chi connectivity index (χ1) is 8.15. The number of nitrogens with zero attached hydrogens (tertiary/aromatic N) is 2. The van der Waals surface area contributed by atoms with Crippen LogP contribution in [-0.2, 0) is 6.54 Å². The first-order valence-corrected chi connectivity index (χ1v) is 5.92. The Balaban J connectivity index is 1.97. The molecule has 0 aliphatic carbocycles. The van der Waals surface area contributed by atoms with Crippen molar-refractivity contribution in [2.45, 2.75) is 13.5 Å². The molecule has 1 aromatic heterocycles. The van der Waals surface area contributed by atoms with Gasteiger partial charge in [0.25, 0.3) is 5.69 Å². The highest BCUT2D eigenvalue weighted by atomic mass is 32.1. The smallest absolute Gasteiger partial charge is 0.269 e. The van der Waals surface area contributed by atoms with Crippen LogP contribution < -0.4 is 5.32 Å². The lowest BCUT2D eigenvalue weighted by molar-refractivity contribution is -0.384. The summed E-state index contributed by atoms with van der Waals surface area (Å²) in [5.41, 5.74) is 1.96. The summed E-state index contributed by atoms with van der Waals surface area (Å²) in [5.74, 6) is 0. The van der Waals surface area contributed by atoms with Crippen LogP contribution in [-0.4, -0.2) is 9.91 Å². The highest BCUT2D eigenvalue weighted by Crippen LogP contribution is 2.17. The van der Waals surface area contributed by atoms with Gasteiger partial charge in [0.2, 0.25) is 0 Å². The Morgan fingerprint density at radius 2 is 2.12 bits per heavy atom. The van der Waals surface area contributed by atoms with Gasteiger partial charge in [-0.15, -0.1) is 11.3 Å². The van der Waals surface area contributed by atoms with Gasteiger partial charge in [0.15, 0.2) is 0 Å². The molecule has 0 aliphatic rings. The Morgan fingerprint density at radius 3 is 2.65 bits per heavy atom. The molecule has 2 aromatic rings. The second-order valence-electron chi connectivity index (χ2n) is 3.54. The zero-order valence-corrected chi connectivity index (χ0v) is 10.0. The number of nitro groups is 1. The average molecular weight is 249 g/mol. The molecule has 0 spiro atoms. The third-order valence-electron chi connectivity index (χ3n) is 2.19. The third-order valence-corrected chi connectivity index (χ3v) is 3.16. The van der Waals surface area contributed by atoms with Crippen LogP contribution in [0.5, 0.6) is 0 Å². The number of thiazole rings is 1. The van der Waals surface area contributed by atoms with E-state index in [0.29, 0.717) is 6.54 Å². The van der Waals surface area contributed by atoms with Gasteiger partial charge >= 0.3 is 0 Å². The lowest BCUT2D eigenvalue weighted by Crippen LogP contribution is -1.99. The Labute approximate surface area is 102 Å².